The molecule has 0 spiro atoms. The molecule has 3 aromatic rings. The van der Waals surface area contributed by atoms with Gasteiger partial charge in [-0.15, -0.1) is 4.98 Å². The maximum atomic E-state index is 12.0. The Labute approximate surface area is 472 Å². The number of nitro groups is 2. The number of nitro benzene ring substituents is 2. The smallest absolute Gasteiger partial charge is 0.362 e. The van der Waals surface area contributed by atoms with Crippen LogP contribution in [-0.2, 0) is 15.4 Å². The highest BCUT2D eigenvalue weighted by atomic mass is 16.9. The summed E-state index contributed by atoms with van der Waals surface area (Å²) in [4.78, 5) is 34.9. The van der Waals surface area contributed by atoms with E-state index in [1.54, 1.807) is 0 Å². The molecule has 0 atom stereocenters. The molecule has 0 saturated heterocycles. The van der Waals surface area contributed by atoms with Crippen LogP contribution in [0, 0.1) is 20.2 Å². The molecular weight excluding hydrogens is 983 g/mol. The normalized spacial score (nSPS) is 11.6. The monoisotopic (exact) mass is 1090 g/mol. The van der Waals surface area contributed by atoms with E-state index in [4.69, 9.17) is 23.7 Å². The zero-order valence-corrected chi connectivity index (χ0v) is 49.3. The molecular formula is C64H107N5O9. The maximum Gasteiger partial charge on any atom is 0.362 e. The summed E-state index contributed by atoms with van der Waals surface area (Å²) >= 11 is 0. The van der Waals surface area contributed by atoms with Crippen LogP contribution in [0.15, 0.2) is 48.8 Å². The minimum Gasteiger partial charge on any atom is -0.493 e. The van der Waals surface area contributed by atoms with E-state index in [9.17, 15) is 20.2 Å². The second kappa shape index (κ2) is 46.3. The number of hydrogen-bond acceptors (Lipinski definition) is 12. The first-order chi connectivity index (χ1) is 38.3. The van der Waals surface area contributed by atoms with E-state index in [1.165, 1.54) is 225 Å². The van der Waals surface area contributed by atoms with Crippen LogP contribution in [0.2, 0.25) is 0 Å². The number of ether oxygens (including phenoxy) is 5. The van der Waals surface area contributed by atoms with Gasteiger partial charge in [-0.1, -0.05) is 283 Å². The molecule has 0 saturated carbocycles. The topological polar surface area (TPSA) is 171 Å². The van der Waals surface area contributed by atoms with Crippen LogP contribution < -0.4 is 14.2 Å². The molecule has 78 heavy (non-hydrogen) atoms. The van der Waals surface area contributed by atoms with Crippen molar-refractivity contribution in [2.45, 2.75) is 296 Å². The summed E-state index contributed by atoms with van der Waals surface area (Å²) in [7, 11) is 0. The highest BCUT2D eigenvalue weighted by Crippen LogP contribution is 2.38. The van der Waals surface area contributed by atoms with E-state index in [2.05, 4.69) is 35.7 Å². The standard InChI is InChI=1S/C64H107N5O9/c1-4-7-10-13-16-19-22-25-28-31-34-37-40-45-52-74-60-49-44-43-48-58(60)64(75-53-46-41-38-35-32-29-26-23-20-17-14-11-8-5-2,76-54-47-42-39-36-33-30-27-24-21-18-15-12-9-6-3)78-63-66-56-65-62(67-63)77-61-51-50-57(68(70)71)55-59(61)69(72)73/h43-44,48-51,55-56H,4-42,45-47,52-54H2,1-3H3. The molecule has 0 N–H and O–H groups in total. The first kappa shape index (κ1) is 67.8. The lowest BCUT2D eigenvalue weighted by Crippen LogP contribution is -2.41. The summed E-state index contributed by atoms with van der Waals surface area (Å²) in [5, 5.41) is 23.4. The van der Waals surface area contributed by atoms with Gasteiger partial charge in [0.15, 0.2) is 0 Å². The quantitative estimate of drug-likeness (QED) is 0.0227. The van der Waals surface area contributed by atoms with Crippen molar-refractivity contribution in [1.29, 1.82) is 0 Å². The van der Waals surface area contributed by atoms with Crippen molar-refractivity contribution in [3.05, 3.63) is 74.6 Å². The van der Waals surface area contributed by atoms with Crippen LogP contribution in [-0.4, -0.2) is 44.6 Å². The number of para-hydroxylation sites is 1. The predicted octanol–water partition coefficient (Wildman–Crippen LogP) is 20.5. The lowest BCUT2D eigenvalue weighted by atomic mass is 10.0. The van der Waals surface area contributed by atoms with Crippen molar-refractivity contribution in [2.24, 2.45) is 0 Å². The zero-order valence-electron chi connectivity index (χ0n) is 49.3. The molecule has 0 aliphatic rings. The SMILES string of the molecule is CCCCCCCCCCCCCCCCOc1ccccc1C(OCCCCCCCCCCCCCCCC)(OCCCCCCCCCCCCCCCC)Oc1ncnc(Oc2ccc([N+](=O)[O-])cc2[N+](=O)[O-])n1. The minimum absolute atomic E-state index is 0.201. The Morgan fingerprint density at radius 1 is 0.423 bits per heavy atom. The van der Waals surface area contributed by atoms with Crippen LogP contribution >= 0.6 is 0 Å². The highest BCUT2D eigenvalue weighted by molar-refractivity contribution is 5.54. The van der Waals surface area contributed by atoms with E-state index in [0.717, 1.165) is 69.6 Å². The van der Waals surface area contributed by atoms with Gasteiger partial charge in [0.2, 0.25) is 5.75 Å². The molecule has 0 aliphatic heterocycles. The van der Waals surface area contributed by atoms with E-state index in [0.29, 0.717) is 31.1 Å². The van der Waals surface area contributed by atoms with Gasteiger partial charge >= 0.3 is 23.7 Å². The number of non-ortho nitro benzene ring substituents is 1. The Kier molecular flexibility index (Phi) is 40.3. The molecule has 0 radical (unpaired) electrons. The molecule has 3 rings (SSSR count). The molecule has 442 valence electrons. The van der Waals surface area contributed by atoms with Crippen molar-refractivity contribution in [2.75, 3.05) is 19.8 Å². The molecule has 0 bridgehead atoms. The number of benzene rings is 2. The van der Waals surface area contributed by atoms with Crippen molar-refractivity contribution in [3.8, 4) is 23.5 Å². The average Bonchev–Trinajstić information content (AvgIpc) is 3.53. The average molecular weight is 1090 g/mol. The Hall–Kier alpha value is -4.43. The Morgan fingerprint density at radius 3 is 1.19 bits per heavy atom. The van der Waals surface area contributed by atoms with Crippen LogP contribution in [0.3, 0.4) is 0 Å². The second-order valence-corrected chi connectivity index (χ2v) is 21.8. The minimum atomic E-state index is -1.84. The summed E-state index contributed by atoms with van der Waals surface area (Å²) in [5.74, 6) is -1.54. The van der Waals surface area contributed by atoms with Crippen molar-refractivity contribution < 1.29 is 33.5 Å². The largest absolute Gasteiger partial charge is 0.493 e. The van der Waals surface area contributed by atoms with E-state index in [1.807, 2.05) is 24.3 Å². The summed E-state index contributed by atoms with van der Waals surface area (Å²) in [6.07, 6.45) is 53.6. The van der Waals surface area contributed by atoms with Gasteiger partial charge in [-0.05, 0) is 37.5 Å². The molecule has 0 aliphatic carbocycles. The van der Waals surface area contributed by atoms with E-state index < -0.39 is 27.2 Å². The lowest BCUT2D eigenvalue weighted by Gasteiger charge is -2.34. The fourth-order valence-electron chi connectivity index (χ4n) is 10.1. The molecule has 0 unspecified atom stereocenters. The molecule has 14 heteroatoms. The predicted molar refractivity (Wildman–Crippen MR) is 317 cm³/mol. The van der Waals surface area contributed by atoms with Crippen molar-refractivity contribution >= 4 is 11.4 Å². The van der Waals surface area contributed by atoms with Gasteiger partial charge in [-0.2, -0.15) is 9.97 Å². The fourth-order valence-corrected chi connectivity index (χ4v) is 10.1. The number of unbranched alkanes of at least 4 members (excludes halogenated alkanes) is 39. The van der Waals surface area contributed by atoms with Crippen LogP contribution in [0.1, 0.15) is 296 Å². The van der Waals surface area contributed by atoms with Crippen molar-refractivity contribution in [1.82, 2.24) is 15.0 Å². The Bertz CT molecular complexity index is 1900. The van der Waals surface area contributed by atoms with Crippen molar-refractivity contribution in [3.63, 3.8) is 0 Å². The van der Waals surface area contributed by atoms with Gasteiger partial charge in [-0.25, -0.2) is 0 Å². The number of nitrogens with zero attached hydrogens (tertiary/aromatic N) is 5. The maximum absolute atomic E-state index is 12.0. The van der Waals surface area contributed by atoms with E-state index >= 15 is 0 Å². The molecule has 1 aromatic heterocycles. The molecule has 14 nitrogen and oxygen atoms in total. The van der Waals surface area contributed by atoms with Gasteiger partial charge in [0.25, 0.3) is 5.69 Å². The molecule has 0 amide bonds. The third kappa shape index (κ3) is 32.0. The van der Waals surface area contributed by atoms with Gasteiger partial charge in [-0.3, -0.25) is 20.2 Å². The summed E-state index contributed by atoms with van der Waals surface area (Å²) in [6, 6.07) is 10.3. The van der Waals surface area contributed by atoms with Crippen LogP contribution in [0.25, 0.3) is 0 Å². The van der Waals surface area contributed by atoms with Gasteiger partial charge < -0.3 is 23.7 Å². The summed E-state index contributed by atoms with van der Waals surface area (Å²) < 4.78 is 32.8. The number of aromatic nitrogens is 3. The number of hydrogen-bond donors (Lipinski definition) is 0. The lowest BCUT2D eigenvalue weighted by molar-refractivity contribution is -0.394. The van der Waals surface area contributed by atoms with Gasteiger partial charge in [0, 0.05) is 6.07 Å². The van der Waals surface area contributed by atoms with Crippen LogP contribution in [0.5, 0.6) is 23.5 Å². The third-order valence-corrected chi connectivity index (χ3v) is 14.9. The third-order valence-electron chi connectivity index (χ3n) is 14.9. The number of rotatable bonds is 55. The van der Waals surface area contributed by atoms with Crippen LogP contribution in [0.4, 0.5) is 11.4 Å². The van der Waals surface area contributed by atoms with Gasteiger partial charge in [0.1, 0.15) is 12.1 Å². The Morgan fingerprint density at radius 2 is 0.795 bits per heavy atom. The molecule has 0 fully saturated rings. The summed E-state index contributed by atoms with van der Waals surface area (Å²) in [6.45, 7) is 7.98. The highest BCUT2D eigenvalue weighted by Gasteiger charge is 2.42. The Balaban J connectivity index is 1.74. The molecule has 1 heterocycles. The van der Waals surface area contributed by atoms with Gasteiger partial charge in [0.05, 0.1) is 41.3 Å². The summed E-state index contributed by atoms with van der Waals surface area (Å²) in [5.41, 5.74) is -0.519. The molecule has 2 aromatic carbocycles. The first-order valence-corrected chi connectivity index (χ1v) is 31.8. The second-order valence-electron chi connectivity index (χ2n) is 21.8. The fraction of sp³-hybridized carbons (Fsp3) is 0.766. The first-order valence-electron chi connectivity index (χ1n) is 31.8. The zero-order chi connectivity index (χ0) is 55.8. The van der Waals surface area contributed by atoms with E-state index in [-0.39, 0.29) is 17.8 Å².